The first kappa shape index (κ1) is 14.4. The highest BCUT2D eigenvalue weighted by Gasteiger charge is 2.35. The second-order valence-corrected chi connectivity index (χ2v) is 5.75. The van der Waals surface area contributed by atoms with Gasteiger partial charge in [-0.1, -0.05) is 24.3 Å². The first-order valence-electron chi connectivity index (χ1n) is 7.24. The van der Waals surface area contributed by atoms with Crippen molar-refractivity contribution in [2.45, 2.75) is 32.9 Å². The average molecular weight is 298 g/mol. The number of carboxylic acid groups (broad SMARTS) is 1. The van der Waals surface area contributed by atoms with Gasteiger partial charge in [-0.05, 0) is 36.6 Å². The van der Waals surface area contributed by atoms with Gasteiger partial charge in [-0.3, -0.25) is 4.79 Å². The summed E-state index contributed by atoms with van der Waals surface area (Å²) in [7, 11) is 0. The number of rotatable bonds is 2. The zero-order chi connectivity index (χ0) is 15.9. The topological polar surface area (TPSA) is 73.4 Å². The molecule has 0 aliphatic carbocycles. The van der Waals surface area contributed by atoms with Crippen molar-refractivity contribution in [1.82, 2.24) is 9.88 Å². The molecular formula is C17H18N2O3. The maximum Gasteiger partial charge on any atom is 0.326 e. The van der Waals surface area contributed by atoms with Crippen LogP contribution in [0.5, 0.6) is 0 Å². The van der Waals surface area contributed by atoms with Crippen LogP contribution in [0.3, 0.4) is 0 Å². The monoisotopic (exact) mass is 298 g/mol. The van der Waals surface area contributed by atoms with Crippen molar-refractivity contribution in [2.24, 2.45) is 0 Å². The van der Waals surface area contributed by atoms with Crippen LogP contribution < -0.4 is 0 Å². The summed E-state index contributed by atoms with van der Waals surface area (Å²) in [5, 5.41) is 9.49. The molecule has 2 N–H and O–H groups in total. The average Bonchev–Trinajstić information content (AvgIpc) is 2.84. The number of aliphatic carboxylic acids is 1. The van der Waals surface area contributed by atoms with Crippen molar-refractivity contribution in [1.29, 1.82) is 0 Å². The van der Waals surface area contributed by atoms with Crippen LogP contribution in [-0.4, -0.2) is 32.9 Å². The molecule has 0 saturated heterocycles. The number of aryl methyl sites for hydroxylation is 2. The third-order valence-corrected chi connectivity index (χ3v) is 4.30. The van der Waals surface area contributed by atoms with E-state index in [-0.39, 0.29) is 5.91 Å². The molecule has 22 heavy (non-hydrogen) atoms. The molecule has 1 aliphatic heterocycles. The van der Waals surface area contributed by atoms with E-state index in [0.29, 0.717) is 18.7 Å². The first-order valence-corrected chi connectivity index (χ1v) is 7.24. The Balaban J connectivity index is 1.97. The van der Waals surface area contributed by atoms with Crippen LogP contribution in [0, 0.1) is 13.8 Å². The molecule has 2 heterocycles. The van der Waals surface area contributed by atoms with Crippen LogP contribution in [-0.2, 0) is 17.8 Å². The van der Waals surface area contributed by atoms with E-state index in [2.05, 4.69) is 4.98 Å². The van der Waals surface area contributed by atoms with E-state index in [1.54, 1.807) is 6.07 Å². The fourth-order valence-corrected chi connectivity index (χ4v) is 2.89. The summed E-state index contributed by atoms with van der Waals surface area (Å²) in [6, 6.07) is 8.62. The number of benzene rings is 1. The van der Waals surface area contributed by atoms with E-state index in [4.69, 9.17) is 0 Å². The number of fused-ring (bicyclic) bond motifs is 1. The minimum absolute atomic E-state index is 0.266. The lowest BCUT2D eigenvalue weighted by Gasteiger charge is -2.34. The van der Waals surface area contributed by atoms with Crippen LogP contribution in [0.25, 0.3) is 0 Å². The van der Waals surface area contributed by atoms with E-state index < -0.39 is 12.0 Å². The SMILES string of the molecule is Cc1cc(C(=O)N2Cc3ccccc3CC2C(=O)O)[nH]c1C. The molecule has 2 aromatic rings. The summed E-state index contributed by atoms with van der Waals surface area (Å²) in [5.74, 6) is -1.24. The summed E-state index contributed by atoms with van der Waals surface area (Å²) >= 11 is 0. The molecule has 1 amide bonds. The maximum absolute atomic E-state index is 12.7. The number of hydrogen-bond acceptors (Lipinski definition) is 2. The lowest BCUT2D eigenvalue weighted by Crippen LogP contribution is -2.48. The predicted molar refractivity (Wildman–Crippen MR) is 81.7 cm³/mol. The van der Waals surface area contributed by atoms with Gasteiger partial charge >= 0.3 is 5.97 Å². The number of carbonyl (C=O) groups is 2. The second kappa shape index (κ2) is 5.33. The van der Waals surface area contributed by atoms with Gasteiger partial charge in [0, 0.05) is 18.7 Å². The van der Waals surface area contributed by atoms with Gasteiger partial charge in [-0.2, -0.15) is 0 Å². The van der Waals surface area contributed by atoms with Crippen LogP contribution in [0.2, 0.25) is 0 Å². The summed E-state index contributed by atoms with van der Waals surface area (Å²) < 4.78 is 0. The van der Waals surface area contributed by atoms with Gasteiger partial charge in [0.25, 0.3) is 5.91 Å². The predicted octanol–water partition coefficient (Wildman–Crippen LogP) is 2.28. The van der Waals surface area contributed by atoms with Crippen molar-refractivity contribution in [3.05, 3.63) is 58.4 Å². The Bertz CT molecular complexity index is 729. The molecule has 1 unspecified atom stereocenters. The number of aromatic amines is 1. The molecule has 1 aliphatic rings. The third kappa shape index (κ3) is 2.39. The van der Waals surface area contributed by atoms with E-state index in [0.717, 1.165) is 22.4 Å². The highest BCUT2D eigenvalue weighted by molar-refractivity contribution is 5.95. The van der Waals surface area contributed by atoms with Gasteiger partial charge in [-0.15, -0.1) is 0 Å². The molecule has 1 aromatic carbocycles. The number of amides is 1. The number of hydrogen-bond donors (Lipinski definition) is 2. The molecule has 1 atom stereocenters. The molecule has 0 radical (unpaired) electrons. The largest absolute Gasteiger partial charge is 0.480 e. The van der Waals surface area contributed by atoms with Crippen LogP contribution >= 0.6 is 0 Å². The van der Waals surface area contributed by atoms with Gasteiger partial charge in [0.05, 0.1) is 0 Å². The van der Waals surface area contributed by atoms with Crippen LogP contribution in [0.4, 0.5) is 0 Å². The molecule has 0 fully saturated rings. The lowest BCUT2D eigenvalue weighted by atomic mass is 9.93. The quantitative estimate of drug-likeness (QED) is 0.893. The number of carboxylic acids is 1. The van der Waals surface area contributed by atoms with Crippen molar-refractivity contribution < 1.29 is 14.7 Å². The van der Waals surface area contributed by atoms with E-state index in [9.17, 15) is 14.7 Å². The van der Waals surface area contributed by atoms with Gasteiger partial charge in [0.2, 0.25) is 0 Å². The van der Waals surface area contributed by atoms with E-state index in [1.165, 1.54) is 4.90 Å². The fourth-order valence-electron chi connectivity index (χ4n) is 2.89. The van der Waals surface area contributed by atoms with E-state index >= 15 is 0 Å². The van der Waals surface area contributed by atoms with Crippen LogP contribution in [0.15, 0.2) is 30.3 Å². The first-order chi connectivity index (χ1) is 10.5. The van der Waals surface area contributed by atoms with E-state index in [1.807, 2.05) is 38.1 Å². The number of nitrogens with zero attached hydrogens (tertiary/aromatic N) is 1. The Morgan fingerprint density at radius 2 is 1.91 bits per heavy atom. The maximum atomic E-state index is 12.7. The lowest BCUT2D eigenvalue weighted by molar-refractivity contribution is -0.142. The molecular weight excluding hydrogens is 280 g/mol. The van der Waals surface area contributed by atoms with Gasteiger partial charge < -0.3 is 15.0 Å². The molecule has 1 aromatic heterocycles. The number of H-pyrrole nitrogens is 1. The zero-order valence-corrected chi connectivity index (χ0v) is 12.6. The highest BCUT2D eigenvalue weighted by atomic mass is 16.4. The normalized spacial score (nSPS) is 17.2. The standard InChI is InChI=1S/C17H18N2O3/c1-10-7-14(18-11(10)2)16(20)19-9-13-6-4-3-5-12(13)8-15(19)17(21)22/h3-7,15,18H,8-9H2,1-2H3,(H,21,22). The molecule has 5 nitrogen and oxygen atoms in total. The summed E-state index contributed by atoms with van der Waals surface area (Å²) in [6.45, 7) is 4.14. The highest BCUT2D eigenvalue weighted by Crippen LogP contribution is 2.25. The Labute approximate surface area is 128 Å². The number of nitrogens with one attached hydrogen (secondary N) is 1. The molecule has 0 bridgehead atoms. The minimum Gasteiger partial charge on any atom is -0.480 e. The third-order valence-electron chi connectivity index (χ3n) is 4.30. The minimum atomic E-state index is -0.970. The second-order valence-electron chi connectivity index (χ2n) is 5.75. The fraction of sp³-hybridized carbons (Fsp3) is 0.294. The van der Waals surface area contributed by atoms with Gasteiger partial charge in [0.15, 0.2) is 0 Å². The molecule has 114 valence electrons. The number of carbonyl (C=O) groups excluding carboxylic acids is 1. The molecule has 3 rings (SSSR count). The van der Waals surface area contributed by atoms with Gasteiger partial charge in [0.1, 0.15) is 11.7 Å². The smallest absolute Gasteiger partial charge is 0.326 e. The Morgan fingerprint density at radius 3 is 2.50 bits per heavy atom. The zero-order valence-electron chi connectivity index (χ0n) is 12.6. The number of aromatic nitrogens is 1. The van der Waals surface area contributed by atoms with Crippen molar-refractivity contribution in [2.75, 3.05) is 0 Å². The summed E-state index contributed by atoms with van der Waals surface area (Å²) in [6.07, 6.45) is 0.343. The molecule has 5 heteroatoms. The Kier molecular flexibility index (Phi) is 3.48. The molecule has 0 saturated carbocycles. The van der Waals surface area contributed by atoms with Crippen molar-refractivity contribution >= 4 is 11.9 Å². The van der Waals surface area contributed by atoms with Gasteiger partial charge in [-0.25, -0.2) is 4.79 Å². The van der Waals surface area contributed by atoms with Crippen molar-refractivity contribution in [3.8, 4) is 0 Å². The molecule has 0 spiro atoms. The van der Waals surface area contributed by atoms with Crippen molar-refractivity contribution in [3.63, 3.8) is 0 Å². The summed E-state index contributed by atoms with van der Waals surface area (Å²) in [4.78, 5) is 28.8. The van der Waals surface area contributed by atoms with Crippen LogP contribution in [0.1, 0.15) is 32.9 Å². The Morgan fingerprint density at radius 1 is 1.23 bits per heavy atom. The Hall–Kier alpha value is -2.56. The summed E-state index contributed by atoms with van der Waals surface area (Å²) in [5.41, 5.74) is 4.37.